The van der Waals surface area contributed by atoms with Gasteiger partial charge >= 0.3 is 0 Å². The molecule has 0 aliphatic carbocycles. The lowest BCUT2D eigenvalue weighted by Gasteiger charge is -2.17. The van der Waals surface area contributed by atoms with Gasteiger partial charge in [0.15, 0.2) is 5.96 Å². The van der Waals surface area contributed by atoms with E-state index in [4.69, 9.17) is 4.74 Å². The Hall–Kier alpha value is -2.08. The van der Waals surface area contributed by atoms with Crippen molar-refractivity contribution >= 4 is 11.9 Å². The van der Waals surface area contributed by atoms with Crippen LogP contribution in [0.3, 0.4) is 0 Å². The Bertz CT molecular complexity index is 571. The number of rotatable bonds is 8. The lowest BCUT2D eigenvalue weighted by Crippen LogP contribution is -2.43. The minimum Gasteiger partial charge on any atom is -0.383 e. The van der Waals surface area contributed by atoms with Crippen LogP contribution in [0, 0.1) is 0 Å². The Morgan fingerprint density at radius 3 is 2.64 bits per heavy atom. The maximum absolute atomic E-state index is 11.7. The number of carbonyl (C=O) groups excluding carboxylic acids is 1. The quantitative estimate of drug-likeness (QED) is 0.557. The van der Waals surface area contributed by atoms with Crippen molar-refractivity contribution in [1.29, 1.82) is 0 Å². The van der Waals surface area contributed by atoms with Crippen LogP contribution < -0.4 is 10.6 Å². The minimum atomic E-state index is 0.197. The summed E-state index contributed by atoms with van der Waals surface area (Å²) in [4.78, 5) is 18.3. The van der Waals surface area contributed by atoms with Gasteiger partial charge in [-0.05, 0) is 31.4 Å². The number of benzene rings is 1. The van der Waals surface area contributed by atoms with Crippen LogP contribution in [0.2, 0.25) is 0 Å². The zero-order valence-electron chi connectivity index (χ0n) is 15.5. The first-order valence-electron chi connectivity index (χ1n) is 9.01. The summed E-state index contributed by atoms with van der Waals surface area (Å²) in [7, 11) is 1.69. The van der Waals surface area contributed by atoms with E-state index in [1.165, 1.54) is 5.56 Å². The second kappa shape index (κ2) is 10.0. The van der Waals surface area contributed by atoms with Gasteiger partial charge in [0.25, 0.3) is 0 Å². The molecular weight excluding hydrogens is 316 g/mol. The van der Waals surface area contributed by atoms with E-state index < -0.39 is 0 Å². The number of methoxy groups -OCH3 is 1. The molecule has 1 saturated heterocycles. The van der Waals surface area contributed by atoms with Crippen LogP contribution in [0.1, 0.15) is 37.8 Å². The number of nitrogens with one attached hydrogen (secondary N) is 2. The topological polar surface area (TPSA) is 66.0 Å². The number of hydrogen-bond donors (Lipinski definition) is 2. The average molecular weight is 346 g/mol. The number of ether oxygens (including phenoxy) is 1. The molecule has 1 unspecified atom stereocenters. The molecule has 6 nitrogen and oxygen atoms in total. The smallest absolute Gasteiger partial charge is 0.222 e. The lowest BCUT2D eigenvalue weighted by molar-refractivity contribution is -0.128. The summed E-state index contributed by atoms with van der Waals surface area (Å²) < 4.78 is 5.15. The third-order valence-electron chi connectivity index (χ3n) is 4.13. The molecule has 0 aromatic heterocycles. The fourth-order valence-corrected chi connectivity index (χ4v) is 2.86. The Labute approximate surface area is 150 Å². The summed E-state index contributed by atoms with van der Waals surface area (Å²) in [5.74, 6) is 1.05. The van der Waals surface area contributed by atoms with Crippen LogP contribution in [-0.4, -0.2) is 49.6 Å². The van der Waals surface area contributed by atoms with Gasteiger partial charge in [-0.2, -0.15) is 0 Å². The highest BCUT2D eigenvalue weighted by Gasteiger charge is 2.19. The Kier molecular flexibility index (Phi) is 7.73. The highest BCUT2D eigenvalue weighted by Crippen LogP contribution is 2.15. The molecule has 0 spiro atoms. The predicted molar refractivity (Wildman–Crippen MR) is 100 cm³/mol. The Morgan fingerprint density at radius 2 is 2.04 bits per heavy atom. The lowest BCUT2D eigenvalue weighted by atomic mass is 10.1. The third kappa shape index (κ3) is 6.38. The van der Waals surface area contributed by atoms with Crippen LogP contribution in [0.25, 0.3) is 0 Å². The fraction of sp³-hybridized carbons (Fsp3) is 0.579. The molecule has 0 saturated carbocycles. The first-order valence-corrected chi connectivity index (χ1v) is 9.01. The maximum Gasteiger partial charge on any atom is 0.222 e. The normalized spacial score (nSPS) is 16.2. The average Bonchev–Trinajstić information content (AvgIpc) is 2.99. The molecule has 1 heterocycles. The van der Waals surface area contributed by atoms with Crippen LogP contribution in [0.4, 0.5) is 0 Å². The molecule has 2 N–H and O–H groups in total. The molecule has 1 amide bonds. The molecule has 1 aliphatic heterocycles. The SMILES string of the molecule is CCNC(=NCc1ccc(CN2CCCC2=O)cc1)NC(C)COC. The number of hydrogen-bond acceptors (Lipinski definition) is 3. The summed E-state index contributed by atoms with van der Waals surface area (Å²) in [5, 5.41) is 6.57. The van der Waals surface area contributed by atoms with Gasteiger partial charge in [0.05, 0.1) is 13.2 Å². The summed E-state index contributed by atoms with van der Waals surface area (Å²) in [6.07, 6.45) is 1.67. The molecule has 1 aliphatic rings. The second-order valence-corrected chi connectivity index (χ2v) is 6.43. The van der Waals surface area contributed by atoms with E-state index in [0.717, 1.165) is 31.0 Å². The van der Waals surface area contributed by atoms with E-state index in [0.29, 0.717) is 26.1 Å². The van der Waals surface area contributed by atoms with Gasteiger partial charge in [-0.3, -0.25) is 4.79 Å². The van der Waals surface area contributed by atoms with Crippen molar-refractivity contribution < 1.29 is 9.53 Å². The van der Waals surface area contributed by atoms with Crippen LogP contribution in [0.15, 0.2) is 29.3 Å². The van der Waals surface area contributed by atoms with E-state index in [1.807, 2.05) is 11.8 Å². The molecule has 25 heavy (non-hydrogen) atoms. The number of nitrogens with zero attached hydrogens (tertiary/aromatic N) is 2. The fourth-order valence-electron chi connectivity index (χ4n) is 2.86. The van der Waals surface area contributed by atoms with Gasteiger partial charge < -0.3 is 20.3 Å². The number of carbonyl (C=O) groups is 1. The molecular formula is C19H30N4O2. The van der Waals surface area contributed by atoms with E-state index in [-0.39, 0.29) is 11.9 Å². The van der Waals surface area contributed by atoms with Crippen LogP contribution >= 0.6 is 0 Å². The monoisotopic (exact) mass is 346 g/mol. The van der Waals surface area contributed by atoms with E-state index in [9.17, 15) is 4.79 Å². The Balaban J connectivity index is 1.90. The van der Waals surface area contributed by atoms with Gasteiger partial charge in [-0.15, -0.1) is 0 Å². The standard InChI is InChI=1S/C19H30N4O2/c1-4-20-19(22-15(2)14-25-3)21-12-16-7-9-17(10-8-16)13-23-11-5-6-18(23)24/h7-10,15H,4-6,11-14H2,1-3H3,(H2,20,21,22). The zero-order chi connectivity index (χ0) is 18.1. The molecule has 138 valence electrons. The molecule has 1 aromatic carbocycles. The number of amides is 1. The van der Waals surface area contributed by atoms with Crippen molar-refractivity contribution in [3.63, 3.8) is 0 Å². The Morgan fingerprint density at radius 1 is 1.32 bits per heavy atom. The van der Waals surface area contributed by atoms with Gasteiger partial charge in [-0.25, -0.2) is 4.99 Å². The molecule has 2 rings (SSSR count). The molecule has 1 fully saturated rings. The van der Waals surface area contributed by atoms with Gasteiger partial charge in [-0.1, -0.05) is 24.3 Å². The highest BCUT2D eigenvalue weighted by molar-refractivity contribution is 5.80. The van der Waals surface area contributed by atoms with Crippen molar-refractivity contribution in [2.75, 3.05) is 26.8 Å². The molecule has 6 heteroatoms. The number of guanidine groups is 1. The summed E-state index contributed by atoms with van der Waals surface area (Å²) in [6.45, 7) is 7.75. The second-order valence-electron chi connectivity index (χ2n) is 6.43. The summed E-state index contributed by atoms with van der Waals surface area (Å²) in [6, 6.07) is 8.54. The molecule has 0 bridgehead atoms. The predicted octanol–water partition coefficient (Wildman–Crippen LogP) is 1.90. The third-order valence-corrected chi connectivity index (χ3v) is 4.13. The van der Waals surface area contributed by atoms with Crippen molar-refractivity contribution in [3.05, 3.63) is 35.4 Å². The van der Waals surface area contributed by atoms with Crippen LogP contribution in [-0.2, 0) is 22.6 Å². The number of aliphatic imine (C=N–C) groups is 1. The van der Waals surface area contributed by atoms with Crippen molar-refractivity contribution in [3.8, 4) is 0 Å². The summed E-state index contributed by atoms with van der Waals surface area (Å²) in [5.41, 5.74) is 2.31. The maximum atomic E-state index is 11.7. The van der Waals surface area contributed by atoms with Gasteiger partial charge in [0.2, 0.25) is 5.91 Å². The summed E-state index contributed by atoms with van der Waals surface area (Å²) >= 11 is 0. The van der Waals surface area contributed by atoms with Crippen LogP contribution in [0.5, 0.6) is 0 Å². The van der Waals surface area contributed by atoms with Crippen molar-refractivity contribution in [2.24, 2.45) is 4.99 Å². The largest absolute Gasteiger partial charge is 0.383 e. The zero-order valence-corrected chi connectivity index (χ0v) is 15.5. The van der Waals surface area contributed by atoms with E-state index in [1.54, 1.807) is 7.11 Å². The van der Waals surface area contributed by atoms with E-state index in [2.05, 4.69) is 46.8 Å². The molecule has 0 radical (unpaired) electrons. The first-order chi connectivity index (χ1) is 12.1. The number of likely N-dealkylation sites (tertiary alicyclic amines) is 1. The van der Waals surface area contributed by atoms with Crippen molar-refractivity contribution in [2.45, 2.75) is 45.8 Å². The van der Waals surface area contributed by atoms with Gasteiger partial charge in [0.1, 0.15) is 0 Å². The molecule has 1 aromatic rings. The van der Waals surface area contributed by atoms with Crippen molar-refractivity contribution in [1.82, 2.24) is 15.5 Å². The minimum absolute atomic E-state index is 0.197. The highest BCUT2D eigenvalue weighted by atomic mass is 16.5. The molecule has 1 atom stereocenters. The van der Waals surface area contributed by atoms with E-state index >= 15 is 0 Å². The first kappa shape index (κ1) is 19.2. The van der Waals surface area contributed by atoms with Gasteiger partial charge in [0, 0.05) is 39.2 Å².